The van der Waals surface area contributed by atoms with Crippen LogP contribution in [0.3, 0.4) is 0 Å². The number of primary amides is 1. The maximum atomic E-state index is 11.8. The summed E-state index contributed by atoms with van der Waals surface area (Å²) in [5.74, 6) is -1.45. The lowest BCUT2D eigenvalue weighted by atomic mass is 10.2. The fourth-order valence-electron chi connectivity index (χ4n) is 0.957. The van der Waals surface area contributed by atoms with E-state index in [0.717, 1.165) is 18.2 Å². The van der Waals surface area contributed by atoms with E-state index in [4.69, 9.17) is 11.5 Å². The Morgan fingerprint density at radius 1 is 1.27 bits per heavy atom. The van der Waals surface area contributed by atoms with Gasteiger partial charge in [-0.2, -0.15) is 0 Å². The number of carbonyl (C=O) groups is 1. The monoisotopic (exact) mass is 220 g/mol. The zero-order chi connectivity index (χ0) is 11.6. The zero-order valence-corrected chi connectivity index (χ0v) is 7.34. The predicted molar refractivity (Wildman–Crippen MR) is 46.1 cm³/mol. The Kier molecular flexibility index (Phi) is 2.74. The van der Waals surface area contributed by atoms with Gasteiger partial charge in [-0.3, -0.25) is 4.79 Å². The molecule has 15 heavy (non-hydrogen) atoms. The number of carbonyl (C=O) groups excluding carboxylic acids is 1. The normalized spacial score (nSPS) is 11.1. The Bertz CT molecular complexity index is 390. The van der Waals surface area contributed by atoms with Crippen LogP contribution in [0, 0.1) is 0 Å². The molecule has 0 heterocycles. The van der Waals surface area contributed by atoms with E-state index in [-0.39, 0.29) is 11.3 Å². The van der Waals surface area contributed by atoms with Crippen molar-refractivity contribution in [2.24, 2.45) is 5.73 Å². The number of amides is 1. The molecule has 0 aromatic heterocycles. The summed E-state index contributed by atoms with van der Waals surface area (Å²) in [6, 6.07) is 2.97. The molecule has 0 saturated heterocycles. The fraction of sp³-hybridized carbons (Fsp3) is 0.125. The van der Waals surface area contributed by atoms with Crippen LogP contribution in [0.2, 0.25) is 0 Å². The van der Waals surface area contributed by atoms with Gasteiger partial charge in [0.2, 0.25) is 5.91 Å². The molecule has 4 N–H and O–H groups in total. The number of alkyl halides is 3. The van der Waals surface area contributed by atoms with Crippen molar-refractivity contribution in [2.45, 2.75) is 6.36 Å². The van der Waals surface area contributed by atoms with Gasteiger partial charge < -0.3 is 16.2 Å². The summed E-state index contributed by atoms with van der Waals surface area (Å²) < 4.78 is 39.1. The van der Waals surface area contributed by atoms with Crippen LogP contribution in [0.5, 0.6) is 5.75 Å². The van der Waals surface area contributed by atoms with E-state index in [9.17, 15) is 18.0 Å². The van der Waals surface area contributed by atoms with E-state index in [1.54, 1.807) is 0 Å². The van der Waals surface area contributed by atoms with Crippen molar-refractivity contribution in [2.75, 3.05) is 5.73 Å². The Morgan fingerprint density at radius 3 is 2.33 bits per heavy atom. The van der Waals surface area contributed by atoms with Crippen molar-refractivity contribution in [3.05, 3.63) is 23.8 Å². The highest BCUT2D eigenvalue weighted by atomic mass is 19.4. The second-order valence-electron chi connectivity index (χ2n) is 2.70. The average Bonchev–Trinajstić information content (AvgIpc) is 1.99. The number of anilines is 1. The van der Waals surface area contributed by atoms with Crippen LogP contribution in [0.25, 0.3) is 0 Å². The summed E-state index contributed by atoms with van der Waals surface area (Å²) in [7, 11) is 0. The summed E-state index contributed by atoms with van der Waals surface area (Å²) in [5.41, 5.74) is 9.96. The molecule has 0 aliphatic heterocycles. The van der Waals surface area contributed by atoms with Gasteiger partial charge in [0.1, 0.15) is 5.75 Å². The summed E-state index contributed by atoms with van der Waals surface area (Å²) >= 11 is 0. The largest absolute Gasteiger partial charge is 0.573 e. The van der Waals surface area contributed by atoms with Crippen LogP contribution in [-0.4, -0.2) is 12.3 Å². The standard InChI is InChI=1S/C8H7F3N2O2/c9-8(10,11)15-6-2-4(7(13)14)1-5(12)3-6/h1-3H,12H2,(H2,13,14). The second-order valence-corrected chi connectivity index (χ2v) is 2.70. The van der Waals surface area contributed by atoms with Gasteiger partial charge in [-0.15, -0.1) is 13.2 Å². The third-order valence-electron chi connectivity index (χ3n) is 1.45. The number of benzene rings is 1. The first-order valence-electron chi connectivity index (χ1n) is 3.74. The van der Waals surface area contributed by atoms with E-state index in [0.29, 0.717) is 0 Å². The Hall–Kier alpha value is -1.92. The van der Waals surface area contributed by atoms with Gasteiger partial charge in [0, 0.05) is 17.3 Å². The lowest BCUT2D eigenvalue weighted by Gasteiger charge is -2.10. The molecule has 1 amide bonds. The van der Waals surface area contributed by atoms with E-state index < -0.39 is 18.0 Å². The van der Waals surface area contributed by atoms with Crippen LogP contribution in [-0.2, 0) is 0 Å². The molecule has 0 bridgehead atoms. The first-order valence-corrected chi connectivity index (χ1v) is 3.74. The minimum absolute atomic E-state index is 0.0365. The van der Waals surface area contributed by atoms with Crippen LogP contribution in [0.4, 0.5) is 18.9 Å². The molecule has 0 aliphatic rings. The number of hydrogen-bond acceptors (Lipinski definition) is 3. The number of ether oxygens (including phenoxy) is 1. The van der Waals surface area contributed by atoms with Crippen LogP contribution >= 0.6 is 0 Å². The summed E-state index contributed by atoms with van der Waals surface area (Å²) in [4.78, 5) is 10.7. The molecule has 0 saturated carbocycles. The van der Waals surface area contributed by atoms with Crippen molar-refractivity contribution >= 4 is 11.6 Å². The first kappa shape index (κ1) is 11.2. The van der Waals surface area contributed by atoms with Gasteiger partial charge in [-0.05, 0) is 12.1 Å². The minimum atomic E-state index is -4.83. The maximum Gasteiger partial charge on any atom is 0.573 e. The highest BCUT2D eigenvalue weighted by molar-refractivity contribution is 5.94. The molecule has 0 radical (unpaired) electrons. The highest BCUT2D eigenvalue weighted by Gasteiger charge is 2.31. The maximum absolute atomic E-state index is 11.8. The van der Waals surface area contributed by atoms with E-state index >= 15 is 0 Å². The van der Waals surface area contributed by atoms with E-state index in [1.165, 1.54) is 0 Å². The number of rotatable bonds is 2. The number of nitrogen functional groups attached to an aromatic ring is 1. The molecule has 1 rings (SSSR count). The van der Waals surface area contributed by atoms with E-state index in [2.05, 4.69) is 4.74 Å². The van der Waals surface area contributed by atoms with Crippen molar-refractivity contribution in [3.63, 3.8) is 0 Å². The molecular formula is C8H7F3N2O2. The molecule has 4 nitrogen and oxygen atoms in total. The molecule has 0 fully saturated rings. The lowest BCUT2D eigenvalue weighted by molar-refractivity contribution is -0.274. The third-order valence-corrected chi connectivity index (χ3v) is 1.45. The van der Waals surface area contributed by atoms with Crippen molar-refractivity contribution < 1.29 is 22.7 Å². The highest BCUT2D eigenvalue weighted by Crippen LogP contribution is 2.25. The van der Waals surface area contributed by atoms with Gasteiger partial charge >= 0.3 is 6.36 Å². The molecule has 0 atom stereocenters. The zero-order valence-electron chi connectivity index (χ0n) is 7.34. The van der Waals surface area contributed by atoms with Crippen molar-refractivity contribution in [1.82, 2.24) is 0 Å². The van der Waals surface area contributed by atoms with Gasteiger partial charge in [0.05, 0.1) is 0 Å². The molecule has 0 unspecified atom stereocenters. The fourth-order valence-corrected chi connectivity index (χ4v) is 0.957. The summed E-state index contributed by atoms with van der Waals surface area (Å²) in [5, 5.41) is 0. The van der Waals surface area contributed by atoms with Crippen LogP contribution < -0.4 is 16.2 Å². The smallest absolute Gasteiger partial charge is 0.406 e. The number of hydrogen-bond donors (Lipinski definition) is 2. The van der Waals surface area contributed by atoms with Gasteiger partial charge in [-0.1, -0.05) is 0 Å². The first-order chi connectivity index (χ1) is 6.78. The average molecular weight is 220 g/mol. The van der Waals surface area contributed by atoms with Crippen molar-refractivity contribution in [3.8, 4) is 5.75 Å². The van der Waals surface area contributed by atoms with Gasteiger partial charge in [0.25, 0.3) is 0 Å². The van der Waals surface area contributed by atoms with Gasteiger partial charge in [-0.25, -0.2) is 0 Å². The number of nitrogens with two attached hydrogens (primary N) is 2. The molecule has 7 heteroatoms. The Morgan fingerprint density at radius 2 is 1.87 bits per heavy atom. The lowest BCUT2D eigenvalue weighted by Crippen LogP contribution is -2.18. The molecule has 1 aromatic rings. The number of halogens is 3. The molecule has 82 valence electrons. The van der Waals surface area contributed by atoms with Crippen LogP contribution in [0.15, 0.2) is 18.2 Å². The molecule has 0 spiro atoms. The quantitative estimate of drug-likeness (QED) is 0.736. The summed E-state index contributed by atoms with van der Waals surface area (Å²) in [6.45, 7) is 0. The Labute approximate surface area is 82.6 Å². The third kappa shape index (κ3) is 3.37. The van der Waals surface area contributed by atoms with Gasteiger partial charge in [0.15, 0.2) is 0 Å². The molecule has 0 aliphatic carbocycles. The van der Waals surface area contributed by atoms with E-state index in [1.807, 2.05) is 0 Å². The Balaban J connectivity index is 3.04. The van der Waals surface area contributed by atoms with Crippen LogP contribution in [0.1, 0.15) is 10.4 Å². The predicted octanol–water partition coefficient (Wildman–Crippen LogP) is 1.27. The minimum Gasteiger partial charge on any atom is -0.406 e. The van der Waals surface area contributed by atoms with Crippen molar-refractivity contribution in [1.29, 1.82) is 0 Å². The summed E-state index contributed by atoms with van der Waals surface area (Å²) in [6.07, 6.45) is -4.83. The topological polar surface area (TPSA) is 78.3 Å². The molecular weight excluding hydrogens is 213 g/mol. The molecule has 1 aromatic carbocycles. The second kappa shape index (κ2) is 3.68. The SMILES string of the molecule is NC(=O)c1cc(N)cc(OC(F)(F)F)c1.